The zero-order valence-electron chi connectivity index (χ0n) is 9.77. The highest BCUT2D eigenvalue weighted by Crippen LogP contribution is 2.26. The summed E-state index contributed by atoms with van der Waals surface area (Å²) < 4.78 is 0. The first kappa shape index (κ1) is 11.3. The SMILES string of the molecule is O=C1c2ccccc2CCN1c1cccc(Cl)c1. The van der Waals surface area contributed by atoms with E-state index in [-0.39, 0.29) is 5.91 Å². The van der Waals surface area contributed by atoms with Gasteiger partial charge in [-0.1, -0.05) is 35.9 Å². The van der Waals surface area contributed by atoms with Crippen LogP contribution in [0.4, 0.5) is 5.69 Å². The minimum absolute atomic E-state index is 0.0547. The lowest BCUT2D eigenvalue weighted by Crippen LogP contribution is -2.37. The Kier molecular flexibility index (Phi) is 2.80. The highest BCUT2D eigenvalue weighted by atomic mass is 35.5. The summed E-state index contributed by atoms with van der Waals surface area (Å²) in [6.45, 7) is 0.705. The molecule has 0 unspecified atom stereocenters. The van der Waals surface area contributed by atoms with Gasteiger partial charge in [0.05, 0.1) is 0 Å². The summed E-state index contributed by atoms with van der Waals surface area (Å²) in [6.07, 6.45) is 0.883. The molecule has 2 aromatic carbocycles. The average Bonchev–Trinajstić information content (AvgIpc) is 2.39. The lowest BCUT2D eigenvalue weighted by molar-refractivity contribution is 0.0980. The minimum Gasteiger partial charge on any atom is -0.308 e. The second-order valence-corrected chi connectivity index (χ2v) is 4.78. The number of benzene rings is 2. The molecule has 3 heteroatoms. The summed E-state index contributed by atoms with van der Waals surface area (Å²) in [7, 11) is 0. The fourth-order valence-electron chi connectivity index (χ4n) is 2.32. The van der Waals surface area contributed by atoms with Gasteiger partial charge in [0.25, 0.3) is 5.91 Å². The number of amides is 1. The summed E-state index contributed by atoms with van der Waals surface area (Å²) in [5.41, 5.74) is 2.78. The van der Waals surface area contributed by atoms with Crippen LogP contribution in [0.15, 0.2) is 48.5 Å². The Morgan fingerprint density at radius 3 is 2.72 bits per heavy atom. The maximum absolute atomic E-state index is 12.4. The Balaban J connectivity index is 2.00. The van der Waals surface area contributed by atoms with E-state index in [0.29, 0.717) is 11.6 Å². The zero-order chi connectivity index (χ0) is 12.5. The lowest BCUT2D eigenvalue weighted by atomic mass is 9.99. The van der Waals surface area contributed by atoms with Crippen LogP contribution < -0.4 is 4.90 Å². The molecule has 0 atom stereocenters. The number of carbonyl (C=O) groups is 1. The van der Waals surface area contributed by atoms with Crippen LogP contribution in [0.3, 0.4) is 0 Å². The molecule has 1 aliphatic heterocycles. The van der Waals surface area contributed by atoms with E-state index in [1.165, 1.54) is 0 Å². The van der Waals surface area contributed by atoms with Gasteiger partial charge in [0.2, 0.25) is 0 Å². The molecule has 0 N–H and O–H groups in total. The Morgan fingerprint density at radius 1 is 1.06 bits per heavy atom. The Labute approximate surface area is 111 Å². The first-order valence-corrected chi connectivity index (χ1v) is 6.29. The number of rotatable bonds is 1. The maximum atomic E-state index is 12.4. The molecule has 0 aromatic heterocycles. The molecule has 18 heavy (non-hydrogen) atoms. The molecule has 0 bridgehead atoms. The van der Waals surface area contributed by atoms with E-state index in [0.717, 1.165) is 23.2 Å². The maximum Gasteiger partial charge on any atom is 0.258 e. The number of hydrogen-bond acceptors (Lipinski definition) is 1. The van der Waals surface area contributed by atoms with Crippen molar-refractivity contribution in [3.05, 3.63) is 64.7 Å². The van der Waals surface area contributed by atoms with E-state index in [1.54, 1.807) is 4.90 Å². The Bertz CT molecular complexity index is 609. The van der Waals surface area contributed by atoms with Gasteiger partial charge in [0.15, 0.2) is 0 Å². The van der Waals surface area contributed by atoms with Crippen LogP contribution in [0, 0.1) is 0 Å². The highest BCUT2D eigenvalue weighted by Gasteiger charge is 2.24. The van der Waals surface area contributed by atoms with Gasteiger partial charge in [-0.3, -0.25) is 4.79 Å². The van der Waals surface area contributed by atoms with Crippen molar-refractivity contribution < 1.29 is 4.79 Å². The second-order valence-electron chi connectivity index (χ2n) is 4.34. The first-order chi connectivity index (χ1) is 8.75. The van der Waals surface area contributed by atoms with Crippen LogP contribution in [0.25, 0.3) is 0 Å². The topological polar surface area (TPSA) is 20.3 Å². The molecule has 3 rings (SSSR count). The summed E-state index contributed by atoms with van der Waals surface area (Å²) >= 11 is 5.97. The van der Waals surface area contributed by atoms with Crippen molar-refractivity contribution in [1.82, 2.24) is 0 Å². The number of carbonyl (C=O) groups excluding carboxylic acids is 1. The molecule has 1 heterocycles. The molecule has 2 nitrogen and oxygen atoms in total. The minimum atomic E-state index is 0.0547. The molecule has 0 radical (unpaired) electrons. The van der Waals surface area contributed by atoms with Gasteiger partial charge in [-0.05, 0) is 36.2 Å². The van der Waals surface area contributed by atoms with E-state index in [9.17, 15) is 4.79 Å². The average molecular weight is 258 g/mol. The quantitative estimate of drug-likeness (QED) is 0.765. The van der Waals surface area contributed by atoms with Crippen LogP contribution in [0.1, 0.15) is 15.9 Å². The van der Waals surface area contributed by atoms with Crippen LogP contribution in [-0.2, 0) is 6.42 Å². The van der Waals surface area contributed by atoms with Crippen LogP contribution in [-0.4, -0.2) is 12.5 Å². The van der Waals surface area contributed by atoms with Crippen molar-refractivity contribution >= 4 is 23.2 Å². The monoisotopic (exact) mass is 257 g/mol. The predicted molar refractivity (Wildman–Crippen MR) is 73.3 cm³/mol. The van der Waals surface area contributed by atoms with E-state index < -0.39 is 0 Å². The number of nitrogens with zero attached hydrogens (tertiary/aromatic N) is 1. The molecule has 1 aliphatic rings. The van der Waals surface area contributed by atoms with Crippen LogP contribution in [0.2, 0.25) is 5.02 Å². The fourth-order valence-corrected chi connectivity index (χ4v) is 2.50. The zero-order valence-corrected chi connectivity index (χ0v) is 10.5. The fraction of sp³-hybridized carbons (Fsp3) is 0.133. The lowest BCUT2D eigenvalue weighted by Gasteiger charge is -2.28. The normalized spacial score (nSPS) is 14.5. The molecule has 0 spiro atoms. The summed E-state index contributed by atoms with van der Waals surface area (Å²) in [5, 5.41) is 0.652. The largest absolute Gasteiger partial charge is 0.308 e. The Morgan fingerprint density at radius 2 is 1.89 bits per heavy atom. The molecular formula is C15H12ClNO. The van der Waals surface area contributed by atoms with Crippen molar-refractivity contribution in [2.24, 2.45) is 0 Å². The van der Waals surface area contributed by atoms with E-state index in [4.69, 9.17) is 11.6 Å². The smallest absolute Gasteiger partial charge is 0.258 e. The first-order valence-electron chi connectivity index (χ1n) is 5.91. The highest BCUT2D eigenvalue weighted by molar-refractivity contribution is 6.31. The van der Waals surface area contributed by atoms with E-state index in [1.807, 2.05) is 48.5 Å². The van der Waals surface area contributed by atoms with Gasteiger partial charge in [-0.2, -0.15) is 0 Å². The van der Waals surface area contributed by atoms with Crippen molar-refractivity contribution in [2.45, 2.75) is 6.42 Å². The standard InChI is InChI=1S/C15H12ClNO/c16-12-5-3-6-13(10-12)17-9-8-11-4-1-2-7-14(11)15(17)18/h1-7,10H,8-9H2. The van der Waals surface area contributed by atoms with E-state index in [2.05, 4.69) is 0 Å². The third kappa shape index (κ3) is 1.89. The van der Waals surface area contributed by atoms with Gasteiger partial charge >= 0.3 is 0 Å². The van der Waals surface area contributed by atoms with Gasteiger partial charge in [0, 0.05) is 22.8 Å². The molecule has 0 fully saturated rings. The predicted octanol–water partition coefficient (Wildman–Crippen LogP) is 3.54. The van der Waals surface area contributed by atoms with Crippen molar-refractivity contribution in [2.75, 3.05) is 11.4 Å². The van der Waals surface area contributed by atoms with Crippen molar-refractivity contribution in [1.29, 1.82) is 0 Å². The second kappa shape index (κ2) is 4.46. The summed E-state index contributed by atoms with van der Waals surface area (Å²) in [6, 6.07) is 15.2. The molecule has 90 valence electrons. The van der Waals surface area contributed by atoms with Crippen LogP contribution >= 0.6 is 11.6 Å². The summed E-state index contributed by atoms with van der Waals surface area (Å²) in [5.74, 6) is 0.0547. The number of fused-ring (bicyclic) bond motifs is 1. The molecule has 0 saturated carbocycles. The third-order valence-corrected chi connectivity index (χ3v) is 3.45. The molecule has 1 amide bonds. The van der Waals surface area contributed by atoms with Gasteiger partial charge in [-0.15, -0.1) is 0 Å². The number of anilines is 1. The Hall–Kier alpha value is -1.80. The van der Waals surface area contributed by atoms with Gasteiger partial charge in [-0.25, -0.2) is 0 Å². The van der Waals surface area contributed by atoms with E-state index >= 15 is 0 Å². The van der Waals surface area contributed by atoms with Gasteiger partial charge in [0.1, 0.15) is 0 Å². The third-order valence-electron chi connectivity index (χ3n) is 3.22. The van der Waals surface area contributed by atoms with Crippen molar-refractivity contribution in [3.63, 3.8) is 0 Å². The summed E-state index contributed by atoms with van der Waals surface area (Å²) in [4.78, 5) is 14.2. The van der Waals surface area contributed by atoms with Crippen LogP contribution in [0.5, 0.6) is 0 Å². The molecule has 0 saturated heterocycles. The molecule has 0 aliphatic carbocycles. The van der Waals surface area contributed by atoms with Crippen molar-refractivity contribution in [3.8, 4) is 0 Å². The molecule has 2 aromatic rings. The molecular weight excluding hydrogens is 246 g/mol. The number of halogens is 1. The van der Waals surface area contributed by atoms with Gasteiger partial charge < -0.3 is 4.90 Å². The number of hydrogen-bond donors (Lipinski definition) is 0.